The van der Waals surface area contributed by atoms with Crippen LogP contribution in [-0.4, -0.2) is 11.5 Å². The monoisotopic (exact) mass is 173 g/mol. The minimum Gasteiger partial charge on any atom is -0.387 e. The predicted octanol–water partition coefficient (Wildman–Crippen LogP) is 1.16. The highest BCUT2D eigenvalue weighted by atomic mass is 14.9. The van der Waals surface area contributed by atoms with Crippen LogP contribution in [0.15, 0.2) is 36.6 Å². The average molecular weight is 173 g/mol. The zero-order valence-electron chi connectivity index (χ0n) is 7.20. The Morgan fingerprint density at radius 3 is 3.00 bits per heavy atom. The summed E-state index contributed by atoms with van der Waals surface area (Å²) in [7, 11) is 0. The number of nitrogens with one attached hydrogen (secondary N) is 1. The van der Waals surface area contributed by atoms with Gasteiger partial charge >= 0.3 is 0 Å². The lowest BCUT2D eigenvalue weighted by Gasteiger charge is -2.07. The molecular weight excluding hydrogens is 162 g/mol. The van der Waals surface area contributed by atoms with E-state index in [4.69, 9.17) is 5.73 Å². The smallest absolute Gasteiger partial charge is 0.124 e. The summed E-state index contributed by atoms with van der Waals surface area (Å²) in [4.78, 5) is 4.23. The van der Waals surface area contributed by atoms with Gasteiger partial charge in [-0.1, -0.05) is 12.1 Å². The number of nitrogens with two attached hydrogens (primary N) is 1. The summed E-state index contributed by atoms with van der Waals surface area (Å²) in [6.45, 7) is 0.850. The summed E-state index contributed by atoms with van der Waals surface area (Å²) in [5.74, 6) is 0.560. The highest BCUT2D eigenvalue weighted by molar-refractivity contribution is 5.73. The Kier molecular flexibility index (Phi) is 2.00. The van der Waals surface area contributed by atoms with Crippen molar-refractivity contribution in [1.82, 2.24) is 10.3 Å². The number of nitrogens with zero attached hydrogens (tertiary/aromatic N) is 1. The van der Waals surface area contributed by atoms with E-state index in [0.29, 0.717) is 5.82 Å². The fourth-order valence-electron chi connectivity index (χ4n) is 1.26. The topological polar surface area (TPSA) is 50.9 Å². The molecule has 3 heteroatoms. The molecule has 0 amide bonds. The number of hydrogen-bond donors (Lipinski definition) is 2. The maximum atomic E-state index is 5.59. The minimum absolute atomic E-state index is 0.560. The van der Waals surface area contributed by atoms with Crippen LogP contribution in [0.25, 0.3) is 5.57 Å². The Morgan fingerprint density at radius 2 is 2.31 bits per heavy atom. The number of anilines is 1. The second-order valence-corrected chi connectivity index (χ2v) is 2.85. The van der Waals surface area contributed by atoms with E-state index in [1.165, 1.54) is 0 Å². The van der Waals surface area contributed by atoms with Crippen molar-refractivity contribution >= 4 is 11.4 Å². The number of nitrogen functional groups attached to an aromatic ring is 1. The molecule has 2 heterocycles. The maximum Gasteiger partial charge on any atom is 0.124 e. The van der Waals surface area contributed by atoms with E-state index in [0.717, 1.165) is 17.8 Å². The summed E-state index contributed by atoms with van der Waals surface area (Å²) < 4.78 is 0. The van der Waals surface area contributed by atoms with E-state index in [2.05, 4.69) is 16.4 Å². The third-order valence-electron chi connectivity index (χ3n) is 1.89. The molecule has 0 fully saturated rings. The van der Waals surface area contributed by atoms with E-state index >= 15 is 0 Å². The molecule has 1 aromatic rings. The first-order valence-electron chi connectivity index (χ1n) is 4.19. The zero-order valence-corrected chi connectivity index (χ0v) is 7.20. The number of rotatable bonds is 1. The van der Waals surface area contributed by atoms with Gasteiger partial charge in [0.1, 0.15) is 5.82 Å². The van der Waals surface area contributed by atoms with Gasteiger partial charge in [-0.15, -0.1) is 0 Å². The van der Waals surface area contributed by atoms with Crippen LogP contribution in [0.1, 0.15) is 5.69 Å². The largest absolute Gasteiger partial charge is 0.387 e. The van der Waals surface area contributed by atoms with Crippen molar-refractivity contribution in [3.63, 3.8) is 0 Å². The van der Waals surface area contributed by atoms with Gasteiger partial charge < -0.3 is 11.1 Å². The van der Waals surface area contributed by atoms with Crippen LogP contribution in [0, 0.1) is 0 Å². The number of allylic oxidation sites excluding steroid dienone is 2. The molecule has 0 saturated heterocycles. The van der Waals surface area contributed by atoms with Crippen molar-refractivity contribution in [2.75, 3.05) is 12.3 Å². The number of pyridine rings is 1. The first-order chi connectivity index (χ1) is 6.36. The van der Waals surface area contributed by atoms with Gasteiger partial charge in [-0.3, -0.25) is 0 Å². The van der Waals surface area contributed by atoms with Crippen molar-refractivity contribution in [3.05, 3.63) is 42.2 Å². The molecule has 66 valence electrons. The lowest BCUT2D eigenvalue weighted by atomic mass is 10.1. The fourth-order valence-corrected chi connectivity index (χ4v) is 1.26. The van der Waals surface area contributed by atoms with Crippen LogP contribution in [-0.2, 0) is 0 Å². The van der Waals surface area contributed by atoms with Crippen LogP contribution in [0.5, 0.6) is 0 Å². The van der Waals surface area contributed by atoms with Gasteiger partial charge in [0, 0.05) is 6.54 Å². The molecule has 0 aromatic carbocycles. The van der Waals surface area contributed by atoms with Crippen molar-refractivity contribution in [2.24, 2.45) is 0 Å². The fraction of sp³-hybridized carbons (Fsp3) is 0.100. The Bertz CT molecular complexity index is 366. The number of hydrogen-bond acceptors (Lipinski definition) is 3. The van der Waals surface area contributed by atoms with E-state index in [1.54, 1.807) is 6.07 Å². The van der Waals surface area contributed by atoms with Crippen LogP contribution >= 0.6 is 0 Å². The summed E-state index contributed by atoms with van der Waals surface area (Å²) in [6.07, 6.45) is 5.99. The van der Waals surface area contributed by atoms with Gasteiger partial charge in [0.05, 0.1) is 5.69 Å². The third-order valence-corrected chi connectivity index (χ3v) is 1.89. The van der Waals surface area contributed by atoms with Gasteiger partial charge in [-0.05, 0) is 30.0 Å². The van der Waals surface area contributed by atoms with Gasteiger partial charge in [0.25, 0.3) is 0 Å². The summed E-state index contributed by atoms with van der Waals surface area (Å²) in [6, 6.07) is 5.65. The van der Waals surface area contributed by atoms with Crippen LogP contribution < -0.4 is 11.1 Å². The maximum absolute atomic E-state index is 5.59. The second-order valence-electron chi connectivity index (χ2n) is 2.85. The molecule has 3 N–H and O–H groups in total. The lowest BCUT2D eigenvalue weighted by molar-refractivity contribution is 0.974. The highest BCUT2D eigenvalue weighted by Gasteiger charge is 2.01. The molecule has 0 atom stereocenters. The van der Waals surface area contributed by atoms with E-state index in [9.17, 15) is 0 Å². The van der Waals surface area contributed by atoms with E-state index in [-0.39, 0.29) is 0 Å². The second kappa shape index (κ2) is 3.31. The Hall–Kier alpha value is -1.77. The van der Waals surface area contributed by atoms with Crippen molar-refractivity contribution in [1.29, 1.82) is 0 Å². The van der Waals surface area contributed by atoms with Gasteiger partial charge in [-0.25, -0.2) is 4.98 Å². The van der Waals surface area contributed by atoms with Crippen molar-refractivity contribution in [3.8, 4) is 0 Å². The molecule has 3 nitrogen and oxygen atoms in total. The number of aromatic nitrogens is 1. The van der Waals surface area contributed by atoms with E-state index < -0.39 is 0 Å². The van der Waals surface area contributed by atoms with Crippen molar-refractivity contribution in [2.45, 2.75) is 0 Å². The zero-order chi connectivity index (χ0) is 9.10. The quantitative estimate of drug-likeness (QED) is 0.670. The highest BCUT2D eigenvalue weighted by Crippen LogP contribution is 2.15. The van der Waals surface area contributed by atoms with Gasteiger partial charge in [0.15, 0.2) is 0 Å². The van der Waals surface area contributed by atoms with Crippen LogP contribution in [0.3, 0.4) is 0 Å². The molecule has 0 bridgehead atoms. The van der Waals surface area contributed by atoms with Gasteiger partial charge in [0.2, 0.25) is 0 Å². The molecule has 0 spiro atoms. The summed E-state index contributed by atoms with van der Waals surface area (Å²) in [5.41, 5.74) is 7.63. The predicted molar refractivity (Wildman–Crippen MR) is 53.8 cm³/mol. The summed E-state index contributed by atoms with van der Waals surface area (Å²) in [5, 5.41) is 3.08. The minimum atomic E-state index is 0.560. The third kappa shape index (κ3) is 1.69. The van der Waals surface area contributed by atoms with E-state index in [1.807, 2.05) is 24.4 Å². The van der Waals surface area contributed by atoms with Crippen LogP contribution in [0.2, 0.25) is 0 Å². The van der Waals surface area contributed by atoms with Gasteiger partial charge in [-0.2, -0.15) is 0 Å². The number of dihydropyridines is 1. The normalized spacial score (nSPS) is 14.9. The molecule has 1 aromatic heterocycles. The Morgan fingerprint density at radius 1 is 1.38 bits per heavy atom. The molecule has 2 rings (SSSR count). The molecule has 0 radical (unpaired) electrons. The molecule has 0 unspecified atom stereocenters. The standard InChI is InChI=1S/C10H11N3/c11-10-3-1-2-9(13-10)8-4-6-12-7-5-8/h1-6,12H,7H2,(H2,11,13). The Balaban J connectivity index is 2.35. The molecule has 0 saturated carbocycles. The summed E-state index contributed by atoms with van der Waals surface area (Å²) >= 11 is 0. The molecule has 1 aliphatic heterocycles. The molecule has 13 heavy (non-hydrogen) atoms. The lowest BCUT2D eigenvalue weighted by Crippen LogP contribution is -2.08. The van der Waals surface area contributed by atoms with Crippen LogP contribution in [0.4, 0.5) is 5.82 Å². The molecule has 1 aliphatic rings. The Labute approximate surface area is 77.0 Å². The SMILES string of the molecule is Nc1cccc(C2=CCNC=C2)n1. The molecular formula is C10H11N3. The van der Waals surface area contributed by atoms with Crippen molar-refractivity contribution < 1.29 is 0 Å². The first kappa shape index (κ1) is 7.86. The first-order valence-corrected chi connectivity index (χ1v) is 4.19. The average Bonchev–Trinajstić information content (AvgIpc) is 2.19. The molecule has 0 aliphatic carbocycles.